The standard InChI is InChI=1S/C14H20N2O2/c1-10(16-11(2)14(17-3)18-4)13-7-5-6-12(8-13)9-15/h5-8,10-11,14,16H,1-4H3. The van der Waals surface area contributed by atoms with Gasteiger partial charge in [-0.3, -0.25) is 0 Å². The smallest absolute Gasteiger partial charge is 0.171 e. The number of nitriles is 1. The number of benzene rings is 1. The summed E-state index contributed by atoms with van der Waals surface area (Å²) in [5.41, 5.74) is 1.75. The van der Waals surface area contributed by atoms with Crippen molar-refractivity contribution in [1.82, 2.24) is 5.32 Å². The van der Waals surface area contributed by atoms with Crippen LogP contribution in [0.25, 0.3) is 0 Å². The van der Waals surface area contributed by atoms with Crippen LogP contribution >= 0.6 is 0 Å². The van der Waals surface area contributed by atoms with Crippen molar-refractivity contribution >= 4 is 0 Å². The van der Waals surface area contributed by atoms with E-state index < -0.39 is 0 Å². The van der Waals surface area contributed by atoms with E-state index in [1.807, 2.05) is 25.1 Å². The molecular weight excluding hydrogens is 228 g/mol. The molecule has 0 amide bonds. The van der Waals surface area contributed by atoms with E-state index >= 15 is 0 Å². The van der Waals surface area contributed by atoms with E-state index in [2.05, 4.69) is 18.3 Å². The molecule has 0 aliphatic heterocycles. The molecule has 4 nitrogen and oxygen atoms in total. The van der Waals surface area contributed by atoms with Gasteiger partial charge in [-0.15, -0.1) is 0 Å². The highest BCUT2D eigenvalue weighted by Crippen LogP contribution is 2.15. The Morgan fingerprint density at radius 3 is 2.44 bits per heavy atom. The first-order chi connectivity index (χ1) is 8.62. The topological polar surface area (TPSA) is 54.3 Å². The lowest BCUT2D eigenvalue weighted by Gasteiger charge is -2.26. The fourth-order valence-corrected chi connectivity index (χ4v) is 1.95. The summed E-state index contributed by atoms with van der Waals surface area (Å²) >= 11 is 0. The number of ether oxygens (including phenoxy) is 2. The summed E-state index contributed by atoms with van der Waals surface area (Å²) in [5, 5.41) is 12.3. The van der Waals surface area contributed by atoms with Gasteiger partial charge in [-0.2, -0.15) is 5.26 Å². The molecule has 0 saturated carbocycles. The zero-order valence-electron chi connectivity index (χ0n) is 11.3. The van der Waals surface area contributed by atoms with E-state index in [-0.39, 0.29) is 18.4 Å². The van der Waals surface area contributed by atoms with Gasteiger partial charge in [0, 0.05) is 20.3 Å². The quantitative estimate of drug-likeness (QED) is 0.784. The summed E-state index contributed by atoms with van der Waals surface area (Å²) in [7, 11) is 3.24. The zero-order chi connectivity index (χ0) is 13.5. The molecule has 0 aromatic heterocycles. The van der Waals surface area contributed by atoms with Crippen molar-refractivity contribution in [1.29, 1.82) is 5.26 Å². The fourth-order valence-electron chi connectivity index (χ4n) is 1.95. The van der Waals surface area contributed by atoms with Crippen molar-refractivity contribution in [2.75, 3.05) is 14.2 Å². The van der Waals surface area contributed by atoms with E-state index in [4.69, 9.17) is 14.7 Å². The van der Waals surface area contributed by atoms with Crippen molar-refractivity contribution in [2.45, 2.75) is 32.2 Å². The SMILES string of the molecule is COC(OC)C(C)NC(C)c1cccc(C#N)c1. The Morgan fingerprint density at radius 1 is 1.22 bits per heavy atom. The van der Waals surface area contributed by atoms with Crippen LogP contribution < -0.4 is 5.32 Å². The van der Waals surface area contributed by atoms with Gasteiger partial charge >= 0.3 is 0 Å². The molecule has 0 aliphatic rings. The average molecular weight is 248 g/mol. The minimum Gasteiger partial charge on any atom is -0.354 e. The second-order valence-corrected chi connectivity index (χ2v) is 4.25. The van der Waals surface area contributed by atoms with Gasteiger partial charge in [0.25, 0.3) is 0 Å². The number of rotatable bonds is 6. The van der Waals surface area contributed by atoms with Gasteiger partial charge in [0.05, 0.1) is 17.7 Å². The lowest BCUT2D eigenvalue weighted by Crippen LogP contribution is -2.40. The molecule has 0 saturated heterocycles. The number of hydrogen-bond acceptors (Lipinski definition) is 4. The minimum atomic E-state index is -0.286. The molecule has 4 heteroatoms. The summed E-state index contributed by atoms with van der Waals surface area (Å²) in [4.78, 5) is 0. The summed E-state index contributed by atoms with van der Waals surface area (Å²) in [5.74, 6) is 0. The molecule has 0 radical (unpaired) electrons. The molecule has 1 aromatic carbocycles. The number of nitrogens with zero attached hydrogens (tertiary/aromatic N) is 1. The van der Waals surface area contributed by atoms with Gasteiger partial charge < -0.3 is 14.8 Å². The number of nitrogens with one attached hydrogen (secondary N) is 1. The van der Waals surface area contributed by atoms with E-state index in [0.717, 1.165) is 5.56 Å². The lowest BCUT2D eigenvalue weighted by molar-refractivity contribution is -0.120. The highest BCUT2D eigenvalue weighted by Gasteiger charge is 2.18. The molecule has 1 aromatic rings. The van der Waals surface area contributed by atoms with Crippen molar-refractivity contribution in [2.24, 2.45) is 0 Å². The second-order valence-electron chi connectivity index (χ2n) is 4.25. The normalized spacial score (nSPS) is 14.2. The molecule has 18 heavy (non-hydrogen) atoms. The van der Waals surface area contributed by atoms with Crippen LogP contribution in [0.5, 0.6) is 0 Å². The van der Waals surface area contributed by atoms with Crippen molar-refractivity contribution < 1.29 is 9.47 Å². The van der Waals surface area contributed by atoms with Gasteiger partial charge in [0.1, 0.15) is 0 Å². The summed E-state index contributed by atoms with van der Waals surface area (Å²) < 4.78 is 10.4. The maximum absolute atomic E-state index is 8.88. The largest absolute Gasteiger partial charge is 0.354 e. The molecule has 0 heterocycles. The highest BCUT2D eigenvalue weighted by molar-refractivity contribution is 5.34. The summed E-state index contributed by atoms with van der Waals surface area (Å²) in [6.45, 7) is 4.05. The van der Waals surface area contributed by atoms with Crippen LogP contribution in [-0.2, 0) is 9.47 Å². The summed E-state index contributed by atoms with van der Waals surface area (Å²) in [6.07, 6.45) is -0.286. The maximum atomic E-state index is 8.88. The predicted octanol–water partition coefficient (Wildman–Crippen LogP) is 2.22. The van der Waals surface area contributed by atoms with Gasteiger partial charge in [0.15, 0.2) is 6.29 Å². The third-order valence-electron chi connectivity index (χ3n) is 2.90. The third-order valence-corrected chi connectivity index (χ3v) is 2.90. The van der Waals surface area contributed by atoms with Crippen molar-refractivity contribution in [3.63, 3.8) is 0 Å². The minimum absolute atomic E-state index is 0.0562. The monoisotopic (exact) mass is 248 g/mol. The lowest BCUT2D eigenvalue weighted by atomic mass is 10.0. The van der Waals surface area contributed by atoms with E-state index in [1.54, 1.807) is 20.3 Å². The first kappa shape index (κ1) is 14.7. The Bertz CT molecular complexity index is 411. The zero-order valence-corrected chi connectivity index (χ0v) is 11.3. The Balaban J connectivity index is 2.70. The fraction of sp³-hybridized carbons (Fsp3) is 0.500. The third kappa shape index (κ3) is 3.81. The maximum Gasteiger partial charge on any atom is 0.171 e. The van der Waals surface area contributed by atoms with Crippen LogP contribution in [0.3, 0.4) is 0 Å². The number of methoxy groups -OCH3 is 2. The highest BCUT2D eigenvalue weighted by atomic mass is 16.7. The molecule has 98 valence electrons. The Hall–Kier alpha value is -1.41. The van der Waals surface area contributed by atoms with E-state index in [0.29, 0.717) is 5.56 Å². The first-order valence-electron chi connectivity index (χ1n) is 5.94. The van der Waals surface area contributed by atoms with Gasteiger partial charge in [-0.25, -0.2) is 0 Å². The predicted molar refractivity (Wildman–Crippen MR) is 70.0 cm³/mol. The van der Waals surface area contributed by atoms with Crippen LogP contribution in [-0.4, -0.2) is 26.6 Å². The average Bonchev–Trinajstić information content (AvgIpc) is 2.40. The van der Waals surface area contributed by atoms with Crippen LogP contribution in [0.4, 0.5) is 0 Å². The molecule has 0 spiro atoms. The van der Waals surface area contributed by atoms with Crippen molar-refractivity contribution in [3.05, 3.63) is 35.4 Å². The molecule has 2 unspecified atom stereocenters. The molecular formula is C14H20N2O2. The first-order valence-corrected chi connectivity index (χ1v) is 5.94. The van der Waals surface area contributed by atoms with Crippen LogP contribution in [0.1, 0.15) is 31.0 Å². The van der Waals surface area contributed by atoms with Crippen LogP contribution in [0.2, 0.25) is 0 Å². The summed E-state index contributed by atoms with van der Waals surface area (Å²) in [6, 6.07) is 9.90. The van der Waals surface area contributed by atoms with Gasteiger partial charge in [0.2, 0.25) is 0 Å². The van der Waals surface area contributed by atoms with Gasteiger partial charge in [-0.1, -0.05) is 12.1 Å². The van der Waals surface area contributed by atoms with Gasteiger partial charge in [-0.05, 0) is 31.5 Å². The Kier molecular flexibility index (Phi) is 5.79. The Morgan fingerprint density at radius 2 is 1.89 bits per heavy atom. The van der Waals surface area contributed by atoms with Crippen LogP contribution in [0, 0.1) is 11.3 Å². The molecule has 0 bridgehead atoms. The Labute approximate surface area is 109 Å². The number of hydrogen-bond donors (Lipinski definition) is 1. The van der Waals surface area contributed by atoms with Crippen molar-refractivity contribution in [3.8, 4) is 6.07 Å². The molecule has 1 rings (SSSR count). The molecule has 1 N–H and O–H groups in total. The van der Waals surface area contributed by atoms with E-state index in [9.17, 15) is 0 Å². The molecule has 0 fully saturated rings. The molecule has 0 aliphatic carbocycles. The molecule has 2 atom stereocenters. The van der Waals surface area contributed by atoms with Crippen LogP contribution in [0.15, 0.2) is 24.3 Å². The van der Waals surface area contributed by atoms with E-state index in [1.165, 1.54) is 0 Å². The second kappa shape index (κ2) is 7.12.